The number of carbonyl (C=O) groups excluding carboxylic acids is 1. The van der Waals surface area contributed by atoms with Crippen LogP contribution in [0, 0.1) is 0 Å². The number of benzene rings is 1. The van der Waals surface area contributed by atoms with Crippen molar-refractivity contribution in [3.05, 3.63) is 66.0 Å². The molecule has 0 radical (unpaired) electrons. The van der Waals surface area contributed by atoms with Crippen LogP contribution < -0.4 is 4.74 Å². The first-order valence-corrected chi connectivity index (χ1v) is 9.36. The van der Waals surface area contributed by atoms with Gasteiger partial charge in [-0.15, -0.1) is 0 Å². The predicted molar refractivity (Wildman–Crippen MR) is 105 cm³/mol. The van der Waals surface area contributed by atoms with Crippen molar-refractivity contribution in [3.8, 4) is 5.75 Å². The summed E-state index contributed by atoms with van der Waals surface area (Å²) < 4.78 is 5.36. The van der Waals surface area contributed by atoms with Crippen LogP contribution in [-0.2, 0) is 11.2 Å². The molecule has 4 rings (SSSR count). The number of ether oxygens (including phenoxy) is 1. The highest BCUT2D eigenvalue weighted by molar-refractivity contribution is 5.79. The van der Waals surface area contributed by atoms with Gasteiger partial charge in [-0.3, -0.25) is 4.79 Å². The molecule has 0 atom stereocenters. The molecular formula is C22H23N3O2. The van der Waals surface area contributed by atoms with E-state index in [0.29, 0.717) is 12.3 Å². The van der Waals surface area contributed by atoms with Gasteiger partial charge in [-0.1, -0.05) is 18.2 Å². The van der Waals surface area contributed by atoms with Crippen molar-refractivity contribution in [1.29, 1.82) is 0 Å². The summed E-state index contributed by atoms with van der Waals surface area (Å²) in [5, 5.41) is 1.06. The second-order valence-corrected chi connectivity index (χ2v) is 6.93. The Morgan fingerprint density at radius 3 is 2.74 bits per heavy atom. The van der Waals surface area contributed by atoms with Gasteiger partial charge in [0.2, 0.25) is 5.91 Å². The number of hydrogen-bond acceptors (Lipinski definition) is 4. The van der Waals surface area contributed by atoms with E-state index in [1.165, 1.54) is 0 Å². The van der Waals surface area contributed by atoms with E-state index in [1.807, 2.05) is 41.3 Å². The first-order chi connectivity index (χ1) is 13.2. The minimum absolute atomic E-state index is 0.158. The molecule has 5 heteroatoms. The fourth-order valence-electron chi connectivity index (χ4n) is 3.74. The smallest absolute Gasteiger partial charge is 0.227 e. The summed E-state index contributed by atoms with van der Waals surface area (Å²) in [7, 11) is 1.64. The quantitative estimate of drug-likeness (QED) is 0.713. The summed E-state index contributed by atoms with van der Waals surface area (Å²) in [5.74, 6) is 1.31. The van der Waals surface area contributed by atoms with Crippen LogP contribution in [-0.4, -0.2) is 41.0 Å². The van der Waals surface area contributed by atoms with Gasteiger partial charge in [0.05, 0.1) is 13.5 Å². The van der Waals surface area contributed by atoms with Crippen molar-refractivity contribution >= 4 is 16.9 Å². The van der Waals surface area contributed by atoms with E-state index in [9.17, 15) is 4.79 Å². The van der Waals surface area contributed by atoms with Crippen LogP contribution in [0.4, 0.5) is 0 Å². The van der Waals surface area contributed by atoms with E-state index in [-0.39, 0.29) is 5.91 Å². The Balaban J connectivity index is 1.40. The molecule has 0 N–H and O–H groups in total. The Morgan fingerprint density at radius 2 is 1.93 bits per heavy atom. The Bertz CT molecular complexity index is 949. The molecule has 0 bridgehead atoms. The number of nitrogens with zero attached hydrogens (tertiary/aromatic N) is 3. The second kappa shape index (κ2) is 7.74. The van der Waals surface area contributed by atoms with Crippen LogP contribution in [0.25, 0.3) is 11.0 Å². The van der Waals surface area contributed by atoms with Crippen LogP contribution >= 0.6 is 0 Å². The number of likely N-dealkylation sites (tertiary alicyclic amines) is 1. The van der Waals surface area contributed by atoms with Crippen molar-refractivity contribution in [2.45, 2.75) is 25.2 Å². The van der Waals surface area contributed by atoms with E-state index < -0.39 is 0 Å². The summed E-state index contributed by atoms with van der Waals surface area (Å²) in [6, 6.07) is 15.9. The molecule has 5 nitrogen and oxygen atoms in total. The first kappa shape index (κ1) is 17.5. The van der Waals surface area contributed by atoms with Crippen LogP contribution in [0.1, 0.15) is 30.0 Å². The zero-order valence-electron chi connectivity index (χ0n) is 15.5. The zero-order chi connectivity index (χ0) is 18.6. The molecule has 138 valence electrons. The van der Waals surface area contributed by atoms with Gasteiger partial charge in [-0.05, 0) is 43.2 Å². The third-order valence-electron chi connectivity index (χ3n) is 5.29. The molecule has 1 amide bonds. The minimum Gasteiger partial charge on any atom is -0.496 e. The Labute approximate surface area is 159 Å². The largest absolute Gasteiger partial charge is 0.496 e. The van der Waals surface area contributed by atoms with Gasteiger partial charge in [0, 0.05) is 41.8 Å². The van der Waals surface area contributed by atoms with Gasteiger partial charge in [0.25, 0.3) is 0 Å². The molecule has 0 unspecified atom stereocenters. The standard InChI is InChI=1S/C22H23N3O2/c1-27-20-7-3-2-5-18(20)15-21(26)25-13-10-16(11-14-25)19-9-8-17-6-4-12-23-22(17)24-19/h2-9,12,16H,10-11,13-15H2,1H3. The number of carbonyl (C=O) groups is 1. The van der Waals surface area contributed by atoms with E-state index in [2.05, 4.69) is 17.1 Å². The lowest BCUT2D eigenvalue weighted by Gasteiger charge is -2.32. The molecule has 0 spiro atoms. The van der Waals surface area contributed by atoms with E-state index in [4.69, 9.17) is 9.72 Å². The lowest BCUT2D eigenvalue weighted by Crippen LogP contribution is -2.39. The lowest BCUT2D eigenvalue weighted by molar-refractivity contribution is -0.131. The third kappa shape index (κ3) is 3.77. The highest BCUT2D eigenvalue weighted by atomic mass is 16.5. The Morgan fingerprint density at radius 1 is 1.11 bits per heavy atom. The van der Waals surface area contributed by atoms with Gasteiger partial charge >= 0.3 is 0 Å². The molecular weight excluding hydrogens is 338 g/mol. The number of pyridine rings is 2. The Hall–Kier alpha value is -2.95. The molecule has 1 aliphatic rings. The molecule has 27 heavy (non-hydrogen) atoms. The summed E-state index contributed by atoms with van der Waals surface area (Å²) in [4.78, 5) is 23.7. The van der Waals surface area contributed by atoms with E-state index in [0.717, 1.165) is 54.0 Å². The summed E-state index contributed by atoms with van der Waals surface area (Å²) in [6.07, 6.45) is 4.02. The van der Waals surface area contributed by atoms with Crippen molar-refractivity contribution in [1.82, 2.24) is 14.9 Å². The average molecular weight is 361 g/mol. The normalized spacial score (nSPS) is 15.1. The van der Waals surface area contributed by atoms with Crippen LogP contribution in [0.3, 0.4) is 0 Å². The molecule has 2 aromatic heterocycles. The molecule has 3 heterocycles. The van der Waals surface area contributed by atoms with Crippen LogP contribution in [0.2, 0.25) is 0 Å². The monoisotopic (exact) mass is 361 g/mol. The van der Waals surface area contributed by atoms with Gasteiger partial charge in [0.15, 0.2) is 5.65 Å². The highest BCUT2D eigenvalue weighted by Crippen LogP contribution is 2.28. The second-order valence-electron chi connectivity index (χ2n) is 6.93. The SMILES string of the molecule is COc1ccccc1CC(=O)N1CCC(c2ccc3cccnc3n2)CC1. The summed E-state index contributed by atoms with van der Waals surface area (Å²) in [6.45, 7) is 1.53. The fourth-order valence-corrected chi connectivity index (χ4v) is 3.74. The molecule has 0 aliphatic carbocycles. The number of amides is 1. The number of hydrogen-bond donors (Lipinski definition) is 0. The maximum Gasteiger partial charge on any atom is 0.227 e. The minimum atomic E-state index is 0.158. The molecule has 3 aromatic rings. The first-order valence-electron chi connectivity index (χ1n) is 9.36. The lowest BCUT2D eigenvalue weighted by atomic mass is 9.92. The topological polar surface area (TPSA) is 55.3 Å². The number of aromatic nitrogens is 2. The van der Waals surface area contributed by atoms with Crippen molar-refractivity contribution in [2.24, 2.45) is 0 Å². The van der Waals surface area contributed by atoms with Crippen LogP contribution in [0.15, 0.2) is 54.7 Å². The molecule has 1 saturated heterocycles. The predicted octanol–water partition coefficient (Wildman–Crippen LogP) is 3.59. The van der Waals surface area contributed by atoms with E-state index in [1.54, 1.807) is 13.3 Å². The van der Waals surface area contributed by atoms with Gasteiger partial charge < -0.3 is 9.64 Å². The molecule has 1 aromatic carbocycles. The van der Waals surface area contributed by atoms with E-state index >= 15 is 0 Å². The number of methoxy groups -OCH3 is 1. The van der Waals surface area contributed by atoms with Crippen molar-refractivity contribution in [3.63, 3.8) is 0 Å². The Kier molecular flexibility index (Phi) is 5.01. The maximum atomic E-state index is 12.7. The summed E-state index contributed by atoms with van der Waals surface area (Å²) >= 11 is 0. The van der Waals surface area contributed by atoms with Gasteiger partial charge in [-0.25, -0.2) is 9.97 Å². The van der Waals surface area contributed by atoms with Gasteiger partial charge in [0.1, 0.15) is 5.75 Å². The van der Waals surface area contributed by atoms with Crippen LogP contribution in [0.5, 0.6) is 5.75 Å². The zero-order valence-corrected chi connectivity index (χ0v) is 15.5. The number of para-hydroxylation sites is 1. The van der Waals surface area contributed by atoms with Crippen molar-refractivity contribution < 1.29 is 9.53 Å². The number of fused-ring (bicyclic) bond motifs is 1. The maximum absolute atomic E-state index is 12.7. The van der Waals surface area contributed by atoms with Crippen molar-refractivity contribution in [2.75, 3.05) is 20.2 Å². The number of rotatable bonds is 4. The molecule has 1 fully saturated rings. The number of piperidine rings is 1. The molecule has 1 aliphatic heterocycles. The summed E-state index contributed by atoms with van der Waals surface area (Å²) in [5.41, 5.74) is 2.82. The fraction of sp³-hybridized carbons (Fsp3) is 0.318. The van der Waals surface area contributed by atoms with Gasteiger partial charge in [-0.2, -0.15) is 0 Å². The molecule has 0 saturated carbocycles. The average Bonchev–Trinajstić information content (AvgIpc) is 2.74. The third-order valence-corrected chi connectivity index (χ3v) is 5.29. The highest BCUT2D eigenvalue weighted by Gasteiger charge is 2.25.